The summed E-state index contributed by atoms with van der Waals surface area (Å²) in [4.78, 5) is 0. The van der Waals surface area contributed by atoms with E-state index in [1.807, 2.05) is 78.9 Å². The van der Waals surface area contributed by atoms with E-state index in [4.69, 9.17) is 49.4 Å². The summed E-state index contributed by atoms with van der Waals surface area (Å²) >= 11 is 17.8. The highest BCUT2D eigenvalue weighted by Crippen LogP contribution is 2.37. The zero-order valence-electron chi connectivity index (χ0n) is 20.0. The molecule has 0 radical (unpaired) electrons. The molecule has 1 atom stereocenters. The van der Waals surface area contributed by atoms with Crippen molar-refractivity contribution in [3.63, 3.8) is 0 Å². The fraction of sp³-hybridized carbons (Fsp3) is 0.250. The van der Waals surface area contributed by atoms with Crippen molar-refractivity contribution in [2.45, 2.75) is 35.7 Å². The molecule has 3 aromatic carbocycles. The molecular weight excluding hydrogens is 517 g/mol. The van der Waals surface area contributed by atoms with Gasteiger partial charge >= 0.3 is 0 Å². The standard InChI is InChI=1S/C28H30Cl3NO2Si/c1-27(2,3)35(24-15-9-5-10-16-24,25-17-11-6-12-18-25)33-21-23(34-26(32)28(29,30)31)20-19-22-13-7-4-8-14-22/h4-20,23,32H,21H2,1-3H3/b20-19+,32-26?/t23-/m0/s1. The second kappa shape index (κ2) is 11.8. The normalized spacial score (nSPS) is 13.5. The van der Waals surface area contributed by atoms with Crippen LogP contribution in [0.1, 0.15) is 26.3 Å². The largest absolute Gasteiger partial charge is 0.468 e. The Balaban J connectivity index is 2.02. The molecule has 0 aliphatic rings. The number of nitrogens with one attached hydrogen (secondary N) is 1. The maximum absolute atomic E-state index is 8.14. The van der Waals surface area contributed by atoms with Crippen LogP contribution in [0.25, 0.3) is 6.08 Å². The molecule has 0 heterocycles. The van der Waals surface area contributed by atoms with Crippen molar-refractivity contribution in [2.75, 3.05) is 6.61 Å². The Bertz CT molecular complexity index is 1070. The molecule has 3 aromatic rings. The van der Waals surface area contributed by atoms with E-state index in [9.17, 15) is 0 Å². The van der Waals surface area contributed by atoms with Gasteiger partial charge in [0.15, 0.2) is 0 Å². The summed E-state index contributed by atoms with van der Waals surface area (Å²) in [5.74, 6) is -0.448. The third-order valence-corrected chi connectivity index (χ3v) is 11.2. The lowest BCUT2D eigenvalue weighted by Gasteiger charge is -2.43. The van der Waals surface area contributed by atoms with E-state index >= 15 is 0 Å². The Morgan fingerprint density at radius 2 is 1.29 bits per heavy atom. The van der Waals surface area contributed by atoms with E-state index in [-0.39, 0.29) is 11.6 Å². The molecule has 7 heteroatoms. The molecule has 0 aromatic heterocycles. The van der Waals surface area contributed by atoms with Gasteiger partial charge in [-0.2, -0.15) is 0 Å². The Labute approximate surface area is 224 Å². The van der Waals surface area contributed by atoms with Crippen LogP contribution in [0.2, 0.25) is 5.04 Å². The van der Waals surface area contributed by atoms with E-state index in [1.165, 1.54) is 0 Å². The summed E-state index contributed by atoms with van der Waals surface area (Å²) in [6.07, 6.45) is 3.13. The Kier molecular flexibility index (Phi) is 9.25. The molecule has 3 rings (SSSR count). The molecule has 0 unspecified atom stereocenters. The summed E-state index contributed by atoms with van der Waals surface area (Å²) in [6, 6.07) is 30.5. The van der Waals surface area contributed by atoms with Gasteiger partial charge in [0.2, 0.25) is 5.90 Å². The van der Waals surface area contributed by atoms with Crippen LogP contribution in [0.5, 0.6) is 0 Å². The average Bonchev–Trinajstić information content (AvgIpc) is 2.83. The third kappa shape index (κ3) is 6.99. The minimum Gasteiger partial charge on any atom is -0.468 e. The predicted molar refractivity (Wildman–Crippen MR) is 152 cm³/mol. The molecule has 0 aliphatic heterocycles. The van der Waals surface area contributed by atoms with Gasteiger partial charge in [0.1, 0.15) is 6.10 Å². The van der Waals surface area contributed by atoms with Gasteiger partial charge in [-0.05, 0) is 27.1 Å². The number of hydrogen-bond acceptors (Lipinski definition) is 3. The monoisotopic (exact) mass is 545 g/mol. The van der Waals surface area contributed by atoms with Crippen LogP contribution in [0.4, 0.5) is 0 Å². The van der Waals surface area contributed by atoms with E-state index in [0.717, 1.165) is 15.9 Å². The maximum atomic E-state index is 8.14. The molecule has 0 bridgehead atoms. The first-order valence-corrected chi connectivity index (χ1v) is 14.4. The van der Waals surface area contributed by atoms with Gasteiger partial charge in [0, 0.05) is 0 Å². The van der Waals surface area contributed by atoms with Gasteiger partial charge < -0.3 is 9.16 Å². The first-order chi connectivity index (χ1) is 16.5. The highest BCUT2D eigenvalue weighted by atomic mass is 35.6. The summed E-state index contributed by atoms with van der Waals surface area (Å²) < 4.78 is 10.8. The smallest absolute Gasteiger partial charge is 0.265 e. The minimum absolute atomic E-state index is 0.180. The van der Waals surface area contributed by atoms with Crippen LogP contribution in [-0.2, 0) is 9.16 Å². The minimum atomic E-state index is -2.80. The Morgan fingerprint density at radius 1 is 0.829 bits per heavy atom. The highest BCUT2D eigenvalue weighted by molar-refractivity contribution is 6.99. The van der Waals surface area contributed by atoms with E-state index in [0.29, 0.717) is 0 Å². The lowest BCUT2D eigenvalue weighted by molar-refractivity contribution is 0.145. The van der Waals surface area contributed by atoms with E-state index < -0.39 is 24.1 Å². The zero-order valence-corrected chi connectivity index (χ0v) is 23.3. The Morgan fingerprint density at radius 3 is 1.71 bits per heavy atom. The number of hydrogen-bond donors (Lipinski definition) is 1. The van der Waals surface area contributed by atoms with E-state index in [1.54, 1.807) is 0 Å². The van der Waals surface area contributed by atoms with Crippen molar-refractivity contribution in [3.8, 4) is 0 Å². The fourth-order valence-electron chi connectivity index (χ4n) is 4.10. The molecule has 0 spiro atoms. The second-order valence-corrected chi connectivity index (χ2v) is 15.8. The van der Waals surface area contributed by atoms with Gasteiger partial charge in [-0.1, -0.05) is 153 Å². The zero-order chi connectivity index (χ0) is 25.5. The molecule has 0 saturated heterocycles. The van der Waals surface area contributed by atoms with Crippen LogP contribution in [0.3, 0.4) is 0 Å². The topological polar surface area (TPSA) is 42.3 Å². The lowest BCUT2D eigenvalue weighted by Crippen LogP contribution is -2.67. The molecule has 184 valence electrons. The average molecular weight is 547 g/mol. The van der Waals surface area contributed by atoms with Gasteiger partial charge in [-0.15, -0.1) is 0 Å². The van der Waals surface area contributed by atoms with Gasteiger partial charge in [0.25, 0.3) is 12.1 Å². The van der Waals surface area contributed by atoms with Gasteiger partial charge in [0.05, 0.1) is 6.61 Å². The first-order valence-electron chi connectivity index (χ1n) is 11.3. The van der Waals surface area contributed by atoms with Crippen LogP contribution < -0.4 is 10.4 Å². The molecule has 1 N–H and O–H groups in total. The number of rotatable bonds is 8. The summed E-state index contributed by atoms with van der Waals surface area (Å²) in [7, 11) is -2.80. The molecule has 3 nitrogen and oxygen atoms in total. The molecule has 0 saturated carbocycles. The number of ether oxygens (including phenoxy) is 1. The Hall–Kier alpha value is -2.08. The molecule has 0 amide bonds. The quantitative estimate of drug-likeness (QED) is 0.143. The van der Waals surface area contributed by atoms with Crippen molar-refractivity contribution < 1.29 is 9.16 Å². The highest BCUT2D eigenvalue weighted by Gasteiger charge is 2.50. The molecular formula is C28H30Cl3NO2Si. The third-order valence-electron chi connectivity index (χ3n) is 5.71. The molecule has 35 heavy (non-hydrogen) atoms. The van der Waals surface area contributed by atoms with Crippen molar-refractivity contribution in [1.29, 1.82) is 5.41 Å². The maximum Gasteiger partial charge on any atom is 0.265 e. The predicted octanol–water partition coefficient (Wildman–Crippen LogP) is 7.01. The summed E-state index contributed by atoms with van der Waals surface area (Å²) in [5, 5.41) is 10.2. The van der Waals surface area contributed by atoms with Gasteiger partial charge in [-0.3, -0.25) is 5.41 Å². The number of alkyl halides is 3. The fourth-order valence-corrected chi connectivity index (χ4v) is 8.80. The van der Waals surface area contributed by atoms with Crippen molar-refractivity contribution in [2.24, 2.45) is 0 Å². The summed E-state index contributed by atoms with van der Waals surface area (Å²) in [6.45, 7) is 6.80. The van der Waals surface area contributed by atoms with Crippen molar-refractivity contribution in [3.05, 3.63) is 103 Å². The van der Waals surface area contributed by atoms with Crippen LogP contribution in [0, 0.1) is 5.41 Å². The van der Waals surface area contributed by atoms with Crippen LogP contribution >= 0.6 is 34.8 Å². The van der Waals surface area contributed by atoms with Gasteiger partial charge in [-0.25, -0.2) is 0 Å². The second-order valence-electron chi connectivity index (χ2n) is 9.23. The SMILES string of the molecule is CC(C)(C)[Si](OC[C@H](/C=C/c1ccccc1)OC(=N)C(Cl)(Cl)Cl)(c1ccccc1)c1ccccc1. The van der Waals surface area contributed by atoms with Crippen LogP contribution in [-0.4, -0.2) is 30.7 Å². The molecule has 0 fully saturated rings. The van der Waals surface area contributed by atoms with Crippen LogP contribution in [0.15, 0.2) is 97.1 Å². The first kappa shape index (κ1) is 27.5. The van der Waals surface area contributed by atoms with Crippen molar-refractivity contribution >= 4 is 65.5 Å². The summed E-state index contributed by atoms with van der Waals surface area (Å²) in [5.41, 5.74) is 0.993. The number of benzene rings is 3. The molecule has 0 aliphatic carbocycles. The van der Waals surface area contributed by atoms with Crippen molar-refractivity contribution in [1.82, 2.24) is 0 Å². The lowest BCUT2D eigenvalue weighted by atomic mass is 10.2. The number of halogens is 3. The van der Waals surface area contributed by atoms with E-state index in [2.05, 4.69) is 45.0 Å².